The van der Waals surface area contributed by atoms with E-state index in [2.05, 4.69) is 4.74 Å². The number of carbonyl (C=O) groups excluding carboxylic acids is 1. The van der Waals surface area contributed by atoms with Crippen molar-refractivity contribution in [3.8, 4) is 0 Å². The lowest BCUT2D eigenvalue weighted by atomic mass is 10.0. The van der Waals surface area contributed by atoms with E-state index < -0.39 is 57.3 Å². The summed E-state index contributed by atoms with van der Waals surface area (Å²) < 4.78 is 106. The Hall–Kier alpha value is -2.01. The summed E-state index contributed by atoms with van der Waals surface area (Å²) in [5.74, 6) is 0. The number of hydrogen-bond acceptors (Lipinski definition) is 3. The van der Waals surface area contributed by atoms with E-state index >= 15 is 0 Å². The average Bonchev–Trinajstić information content (AvgIpc) is 3.02. The van der Waals surface area contributed by atoms with Gasteiger partial charge >= 0.3 is 6.09 Å². The number of H-pyrrole nitrogens is 1. The van der Waals surface area contributed by atoms with Crippen LogP contribution in [0.4, 0.5) is 4.79 Å². The van der Waals surface area contributed by atoms with Crippen molar-refractivity contribution in [2.75, 3.05) is 27.1 Å². The molecule has 0 saturated carbocycles. The number of nitrogens with one attached hydrogen (secondary N) is 2. The number of nitrogens with zero attached hydrogens (tertiary/aromatic N) is 1. The lowest BCUT2D eigenvalue weighted by Gasteiger charge is -2.09. The molecule has 1 amide bonds. The summed E-state index contributed by atoms with van der Waals surface area (Å²) in [6.07, 6.45) is -4.70. The van der Waals surface area contributed by atoms with E-state index in [-0.39, 0.29) is 22.2 Å². The van der Waals surface area contributed by atoms with Crippen LogP contribution in [0.15, 0.2) is 24.4 Å². The standard InChI is InChI=1S/C16H21N3O2/c1-19(2)6-5-12-9-17-15-4-3-11(8-14(12)15)7-13-10-21-16(20)18-13/h3-4,8-9,13,17H,5-7,10H2,1-2H3,(H,18,20)/t13-/m0/s1/i1D3,2D3,5D2,9D,10D2/hD2. The van der Waals surface area contributed by atoms with Crippen molar-refractivity contribution in [3.63, 3.8) is 0 Å². The molecule has 0 unspecified atom stereocenters. The third kappa shape index (κ3) is 3.19. The van der Waals surface area contributed by atoms with E-state index in [0.29, 0.717) is 15.9 Å². The minimum Gasteiger partial charge on any atom is -0.447 e. The molecule has 0 bridgehead atoms. The fraction of sp³-hybridized carbons (Fsp3) is 0.438. The minimum absolute atomic E-state index is 0.0147. The topological polar surface area (TPSA) is 57.4 Å². The molecule has 5 nitrogen and oxygen atoms in total. The summed E-state index contributed by atoms with van der Waals surface area (Å²) >= 11 is 0. The molecule has 2 N–H and O–H groups in total. The van der Waals surface area contributed by atoms with E-state index in [0.717, 1.165) is 0 Å². The van der Waals surface area contributed by atoms with Crippen LogP contribution < -0.4 is 5.31 Å². The molecule has 2 aromatic rings. The van der Waals surface area contributed by atoms with Gasteiger partial charge in [0.15, 0.2) is 2.82 Å². The van der Waals surface area contributed by atoms with Crippen molar-refractivity contribution in [1.29, 1.82) is 0 Å². The van der Waals surface area contributed by atoms with E-state index in [1.807, 2.05) is 0 Å². The molecule has 2 heterocycles. The summed E-state index contributed by atoms with van der Waals surface area (Å²) in [5.41, 5.74) is -0.0168. The Morgan fingerprint density at radius 3 is 3.33 bits per heavy atom. The molecule has 3 rings (SSSR count). The fourth-order valence-electron chi connectivity index (χ4n) is 2.09. The number of rotatable bonds is 5. The van der Waals surface area contributed by atoms with Crippen molar-refractivity contribution in [2.45, 2.75) is 18.8 Å². The van der Waals surface area contributed by atoms with Gasteiger partial charge < -0.3 is 19.9 Å². The molecule has 1 fully saturated rings. The molecule has 0 radical (unpaired) electrons. The highest BCUT2D eigenvalue weighted by Crippen LogP contribution is 2.21. The Morgan fingerprint density at radius 1 is 1.67 bits per heavy atom. The number of likely N-dealkylation sites (N-methyl/N-ethyl adjacent to an activating group) is 1. The molecule has 0 spiro atoms. The number of aromatic nitrogens is 1. The molecule has 21 heavy (non-hydrogen) atoms. The molecule has 5 heteroatoms. The quantitative estimate of drug-likeness (QED) is 0.887. The minimum atomic E-state index is -3.16. The van der Waals surface area contributed by atoms with Crippen LogP contribution in [0.25, 0.3) is 10.9 Å². The average molecular weight is 300 g/mol. The molecule has 1 aliphatic rings. The van der Waals surface area contributed by atoms with Crippen LogP contribution in [0.1, 0.15) is 26.2 Å². The SMILES string of the molecule is [2H]c1c(C([2H])([2H])CN(C([2H])([2H])[2H])C([2H])([2H])[2H])c2cc(C[C@@H]3N([2H])C(=O)OC3([2H])[2H])ccc2n1[2H]. The number of ether oxygens (including phenoxy) is 1. The number of benzene rings is 1. The van der Waals surface area contributed by atoms with Crippen LogP contribution in [0.3, 0.4) is 0 Å². The van der Waals surface area contributed by atoms with Gasteiger partial charge in [-0.25, -0.2) is 4.79 Å². The third-order valence-electron chi connectivity index (χ3n) is 3.00. The number of alkyl carbamates (subject to hydrolysis) is 1. The maximum Gasteiger partial charge on any atom is 0.407 e. The monoisotopic (exact) mass is 300 g/mol. The molecule has 1 aromatic carbocycles. The Morgan fingerprint density at radius 2 is 2.57 bits per heavy atom. The zero-order chi connectivity index (χ0) is 26.0. The summed E-state index contributed by atoms with van der Waals surface area (Å²) in [5, 5.41) is 0.362. The van der Waals surface area contributed by atoms with Gasteiger partial charge in [0.05, 0.1) is 10.2 Å². The molecular formula is C16H21N3O2. The van der Waals surface area contributed by atoms with Crippen LogP contribution in [0.5, 0.6) is 0 Å². The number of amides is 1. The number of cyclic esters (lactones) is 1. The number of aromatic amines is 1. The lowest BCUT2D eigenvalue weighted by molar-refractivity contribution is 0.177. The molecule has 112 valence electrons. The smallest absolute Gasteiger partial charge is 0.407 e. The Bertz CT molecular complexity index is 1090. The molecule has 0 aliphatic carbocycles. The highest BCUT2D eigenvalue weighted by molar-refractivity contribution is 5.84. The molecule has 1 atom stereocenters. The third-order valence-corrected chi connectivity index (χ3v) is 3.00. The van der Waals surface area contributed by atoms with Gasteiger partial charge in [0.25, 0.3) is 0 Å². The van der Waals surface area contributed by atoms with Crippen molar-refractivity contribution < 1.29 is 27.4 Å². The maximum atomic E-state index is 11.6. The van der Waals surface area contributed by atoms with E-state index in [1.165, 1.54) is 18.2 Å². The first-order valence-electron chi connectivity index (χ1n) is 12.6. The van der Waals surface area contributed by atoms with Crippen molar-refractivity contribution in [3.05, 3.63) is 35.5 Å². The van der Waals surface area contributed by atoms with Crippen molar-refractivity contribution in [1.82, 2.24) is 15.2 Å². The van der Waals surface area contributed by atoms with Crippen molar-refractivity contribution in [2.24, 2.45) is 0 Å². The molecule has 1 aliphatic heterocycles. The van der Waals surface area contributed by atoms with Crippen LogP contribution in [0.2, 0.25) is 2.82 Å². The lowest BCUT2D eigenvalue weighted by Crippen LogP contribution is -2.28. The number of carbonyl (C=O) groups is 1. The van der Waals surface area contributed by atoms with E-state index in [4.69, 9.17) is 17.9 Å². The Kier molecular flexibility index (Phi) is 1.46. The van der Waals surface area contributed by atoms with E-state index in [9.17, 15) is 4.79 Å². The Balaban J connectivity index is 2.07. The molecule has 1 saturated heterocycles. The summed E-state index contributed by atoms with van der Waals surface area (Å²) in [7, 11) is 0. The van der Waals surface area contributed by atoms with Gasteiger partial charge in [0, 0.05) is 34.6 Å². The van der Waals surface area contributed by atoms with Crippen LogP contribution in [-0.2, 0) is 17.5 Å². The summed E-state index contributed by atoms with van der Waals surface area (Å²) in [6, 6.07) is 2.83. The fourth-order valence-corrected chi connectivity index (χ4v) is 2.09. The van der Waals surface area contributed by atoms with Crippen LogP contribution >= 0.6 is 0 Å². The summed E-state index contributed by atoms with van der Waals surface area (Å²) in [4.78, 5) is 12.2. The first-order chi connectivity index (χ1) is 15.3. The number of hydrogen-bond donors (Lipinski definition) is 2. The van der Waals surface area contributed by atoms with Gasteiger partial charge in [-0.15, -0.1) is 0 Å². The van der Waals surface area contributed by atoms with E-state index in [1.54, 1.807) is 0 Å². The zero-order valence-electron chi connectivity index (χ0n) is 23.9. The second-order valence-electron chi connectivity index (χ2n) is 4.55. The van der Waals surface area contributed by atoms with Gasteiger partial charge in [0.2, 0.25) is 0 Å². The normalized spacial score (nSPS) is 32.0. The Labute approximate surface area is 142 Å². The largest absolute Gasteiger partial charge is 0.447 e. The van der Waals surface area contributed by atoms with Crippen molar-refractivity contribution >= 4 is 17.0 Å². The first kappa shape index (κ1) is 5.32. The maximum absolute atomic E-state index is 11.6. The van der Waals surface area contributed by atoms with Gasteiger partial charge in [0.1, 0.15) is 6.56 Å². The van der Waals surface area contributed by atoms with Gasteiger partial charge in [-0.3, -0.25) is 0 Å². The summed E-state index contributed by atoms with van der Waals surface area (Å²) in [6.45, 7) is -9.91. The first-order valence-corrected chi connectivity index (χ1v) is 6.20. The second-order valence-corrected chi connectivity index (χ2v) is 4.55. The van der Waals surface area contributed by atoms with Gasteiger partial charge in [-0.05, 0) is 50.0 Å². The zero-order valence-corrected chi connectivity index (χ0v) is 10.9. The highest BCUT2D eigenvalue weighted by Gasteiger charge is 2.22. The predicted octanol–water partition coefficient (Wildman–Crippen LogP) is 1.92. The van der Waals surface area contributed by atoms with Gasteiger partial charge in [-0.1, -0.05) is 6.07 Å². The van der Waals surface area contributed by atoms with Crippen LogP contribution in [-0.4, -0.2) is 49.1 Å². The van der Waals surface area contributed by atoms with Crippen LogP contribution in [0, 0.1) is 0 Å². The van der Waals surface area contributed by atoms with Gasteiger partial charge in [-0.2, -0.15) is 0 Å². The second kappa shape index (κ2) is 5.77. The predicted molar refractivity (Wildman–Crippen MR) is 82.5 cm³/mol. The highest BCUT2D eigenvalue weighted by atomic mass is 16.6. The molecular weight excluding hydrogens is 266 g/mol. The molecule has 1 aromatic heterocycles. The number of fused-ring (bicyclic) bond motifs is 1.